The summed E-state index contributed by atoms with van der Waals surface area (Å²) in [5.41, 5.74) is 0.187. The molecule has 1 aromatic heterocycles. The molecule has 0 saturated carbocycles. The Kier molecular flexibility index (Phi) is 5.23. The molecule has 2 amide bonds. The van der Waals surface area contributed by atoms with Gasteiger partial charge in [-0.3, -0.25) is 9.59 Å². The maximum Gasteiger partial charge on any atom is 0.251 e. The second-order valence-corrected chi connectivity index (χ2v) is 4.10. The highest BCUT2D eigenvalue weighted by Gasteiger charge is 2.08. The topological polar surface area (TPSA) is 71.1 Å². The molecule has 0 saturated heterocycles. The number of hydrogen-bond acceptors (Lipinski definition) is 3. The Balaban J connectivity index is 2.36. The number of carbonyl (C=O) groups excluding carboxylic acids is 2. The highest BCUT2D eigenvalue weighted by molar-refractivity contribution is 5.94. The van der Waals surface area contributed by atoms with Gasteiger partial charge in [0.15, 0.2) is 0 Å². The minimum absolute atomic E-state index is 0.0718. The Hall–Kier alpha value is -1.98. The van der Waals surface area contributed by atoms with Gasteiger partial charge < -0.3 is 10.6 Å². The average molecular weight is 253 g/mol. The lowest BCUT2D eigenvalue weighted by molar-refractivity contribution is -0.121. The van der Waals surface area contributed by atoms with Crippen LogP contribution in [0, 0.1) is 5.95 Å². The largest absolute Gasteiger partial charge is 0.354 e. The fourth-order valence-corrected chi connectivity index (χ4v) is 1.33. The van der Waals surface area contributed by atoms with Crippen LogP contribution in [0.25, 0.3) is 0 Å². The molecular formula is C12H16FN3O2. The molecule has 0 fully saturated rings. The molecule has 0 atom stereocenters. The molecule has 1 heterocycles. The summed E-state index contributed by atoms with van der Waals surface area (Å²) in [5.74, 6) is -1.26. The van der Waals surface area contributed by atoms with Crippen LogP contribution in [0.5, 0.6) is 0 Å². The highest BCUT2D eigenvalue weighted by atomic mass is 19.1. The zero-order valence-corrected chi connectivity index (χ0v) is 10.4. The van der Waals surface area contributed by atoms with Crippen molar-refractivity contribution >= 4 is 11.8 Å². The number of carbonyl (C=O) groups is 2. The Bertz CT molecular complexity index is 435. The van der Waals surface area contributed by atoms with Gasteiger partial charge in [0.2, 0.25) is 11.9 Å². The zero-order chi connectivity index (χ0) is 13.5. The molecule has 1 aromatic rings. The molecule has 0 aromatic carbocycles. The smallest absolute Gasteiger partial charge is 0.251 e. The van der Waals surface area contributed by atoms with Crippen molar-refractivity contribution in [3.05, 3.63) is 29.8 Å². The second-order valence-electron chi connectivity index (χ2n) is 4.10. The van der Waals surface area contributed by atoms with Gasteiger partial charge in [-0.1, -0.05) is 0 Å². The number of halogens is 1. The van der Waals surface area contributed by atoms with Gasteiger partial charge in [0, 0.05) is 36.8 Å². The van der Waals surface area contributed by atoms with E-state index in [1.165, 1.54) is 12.3 Å². The van der Waals surface area contributed by atoms with Crippen LogP contribution in [0.2, 0.25) is 0 Å². The summed E-state index contributed by atoms with van der Waals surface area (Å²) in [6, 6.07) is 2.53. The standard InChI is InChI=1S/C12H16FN3O2/c1-8(2)16-11(17)4-6-15-12(18)9-3-5-14-10(13)7-9/h3,5,7-8H,4,6H2,1-2H3,(H,15,18)(H,16,17). The van der Waals surface area contributed by atoms with E-state index in [1.807, 2.05) is 13.8 Å². The highest BCUT2D eigenvalue weighted by Crippen LogP contribution is 1.99. The first-order valence-corrected chi connectivity index (χ1v) is 5.68. The summed E-state index contributed by atoms with van der Waals surface area (Å²) in [7, 11) is 0. The summed E-state index contributed by atoms with van der Waals surface area (Å²) in [6.07, 6.45) is 1.41. The normalized spacial score (nSPS) is 10.2. The van der Waals surface area contributed by atoms with Gasteiger partial charge in [0.1, 0.15) is 0 Å². The van der Waals surface area contributed by atoms with Crippen molar-refractivity contribution in [2.75, 3.05) is 6.54 Å². The number of amides is 2. The lowest BCUT2D eigenvalue weighted by atomic mass is 10.2. The molecule has 98 valence electrons. The van der Waals surface area contributed by atoms with Gasteiger partial charge in [-0.25, -0.2) is 4.98 Å². The van der Waals surface area contributed by atoms with E-state index in [2.05, 4.69) is 15.6 Å². The van der Waals surface area contributed by atoms with Crippen LogP contribution >= 0.6 is 0 Å². The summed E-state index contributed by atoms with van der Waals surface area (Å²) < 4.78 is 12.8. The average Bonchev–Trinajstić information content (AvgIpc) is 2.27. The van der Waals surface area contributed by atoms with Crippen molar-refractivity contribution in [3.63, 3.8) is 0 Å². The Morgan fingerprint density at radius 3 is 2.78 bits per heavy atom. The van der Waals surface area contributed by atoms with Crippen LogP contribution in [0.3, 0.4) is 0 Å². The maximum absolute atomic E-state index is 12.8. The van der Waals surface area contributed by atoms with Crippen molar-refractivity contribution in [2.24, 2.45) is 0 Å². The van der Waals surface area contributed by atoms with Crippen molar-refractivity contribution < 1.29 is 14.0 Å². The molecule has 0 aliphatic carbocycles. The SMILES string of the molecule is CC(C)NC(=O)CCNC(=O)c1ccnc(F)c1. The number of nitrogens with one attached hydrogen (secondary N) is 2. The number of pyridine rings is 1. The molecule has 18 heavy (non-hydrogen) atoms. The third-order valence-electron chi connectivity index (χ3n) is 2.08. The van der Waals surface area contributed by atoms with Crippen molar-refractivity contribution in [1.82, 2.24) is 15.6 Å². The minimum atomic E-state index is -0.708. The van der Waals surface area contributed by atoms with E-state index in [0.717, 1.165) is 6.07 Å². The Labute approximate surface area is 105 Å². The molecular weight excluding hydrogens is 237 g/mol. The fraction of sp³-hybridized carbons (Fsp3) is 0.417. The third-order valence-corrected chi connectivity index (χ3v) is 2.08. The molecule has 2 N–H and O–H groups in total. The number of nitrogens with zero attached hydrogens (tertiary/aromatic N) is 1. The zero-order valence-electron chi connectivity index (χ0n) is 10.4. The van der Waals surface area contributed by atoms with E-state index in [0.29, 0.717) is 0 Å². The summed E-state index contributed by atoms with van der Waals surface area (Å²) >= 11 is 0. The van der Waals surface area contributed by atoms with Gasteiger partial charge in [0.25, 0.3) is 5.91 Å². The van der Waals surface area contributed by atoms with E-state index in [1.54, 1.807) is 0 Å². The van der Waals surface area contributed by atoms with E-state index < -0.39 is 11.9 Å². The molecule has 0 aliphatic heterocycles. The van der Waals surface area contributed by atoms with Crippen LogP contribution < -0.4 is 10.6 Å². The van der Waals surface area contributed by atoms with Gasteiger partial charge in [-0.15, -0.1) is 0 Å². The van der Waals surface area contributed by atoms with Crippen molar-refractivity contribution in [3.8, 4) is 0 Å². The molecule has 0 radical (unpaired) electrons. The predicted molar refractivity (Wildman–Crippen MR) is 64.4 cm³/mol. The summed E-state index contributed by atoms with van der Waals surface area (Å²) in [6.45, 7) is 3.92. The van der Waals surface area contributed by atoms with Crippen molar-refractivity contribution in [2.45, 2.75) is 26.3 Å². The molecule has 0 spiro atoms. The fourth-order valence-electron chi connectivity index (χ4n) is 1.33. The van der Waals surface area contributed by atoms with E-state index in [9.17, 15) is 14.0 Å². The Morgan fingerprint density at radius 1 is 1.44 bits per heavy atom. The van der Waals surface area contributed by atoms with Gasteiger partial charge in [-0.2, -0.15) is 4.39 Å². The van der Waals surface area contributed by atoms with E-state index in [4.69, 9.17) is 0 Å². The number of rotatable bonds is 5. The van der Waals surface area contributed by atoms with Crippen LogP contribution in [0.15, 0.2) is 18.3 Å². The first-order chi connectivity index (χ1) is 8.49. The molecule has 5 nitrogen and oxygen atoms in total. The van der Waals surface area contributed by atoms with E-state index in [-0.39, 0.29) is 30.5 Å². The lowest BCUT2D eigenvalue weighted by Crippen LogP contribution is -2.34. The van der Waals surface area contributed by atoms with E-state index >= 15 is 0 Å². The molecule has 0 aliphatic rings. The first-order valence-electron chi connectivity index (χ1n) is 5.68. The number of hydrogen-bond donors (Lipinski definition) is 2. The maximum atomic E-state index is 12.8. The third kappa shape index (κ3) is 4.90. The molecule has 1 rings (SSSR count). The summed E-state index contributed by atoms with van der Waals surface area (Å²) in [5, 5.41) is 5.24. The molecule has 0 unspecified atom stereocenters. The lowest BCUT2D eigenvalue weighted by Gasteiger charge is -2.08. The minimum Gasteiger partial charge on any atom is -0.354 e. The molecule has 6 heteroatoms. The monoisotopic (exact) mass is 253 g/mol. The van der Waals surface area contributed by atoms with Crippen molar-refractivity contribution in [1.29, 1.82) is 0 Å². The number of aromatic nitrogens is 1. The van der Waals surface area contributed by atoms with Gasteiger partial charge >= 0.3 is 0 Å². The summed E-state index contributed by atoms with van der Waals surface area (Å²) in [4.78, 5) is 26.2. The predicted octanol–water partition coefficient (Wildman–Crippen LogP) is 0.865. The second kappa shape index (κ2) is 6.68. The Morgan fingerprint density at radius 2 is 2.17 bits per heavy atom. The van der Waals surface area contributed by atoms with Crippen LogP contribution in [0.1, 0.15) is 30.6 Å². The van der Waals surface area contributed by atoms with Gasteiger partial charge in [-0.05, 0) is 19.9 Å². The van der Waals surface area contributed by atoms with Gasteiger partial charge in [0.05, 0.1) is 0 Å². The van der Waals surface area contributed by atoms with Crippen LogP contribution in [-0.4, -0.2) is 29.4 Å². The van der Waals surface area contributed by atoms with Crippen LogP contribution in [-0.2, 0) is 4.79 Å². The van der Waals surface area contributed by atoms with Crippen LogP contribution in [0.4, 0.5) is 4.39 Å². The first kappa shape index (κ1) is 14.1. The molecule has 0 bridgehead atoms. The quantitative estimate of drug-likeness (QED) is 0.765.